The zero-order chi connectivity index (χ0) is 17.4. The van der Waals surface area contributed by atoms with E-state index >= 15 is 0 Å². The van der Waals surface area contributed by atoms with Crippen molar-refractivity contribution in [1.29, 1.82) is 0 Å². The Morgan fingerprint density at radius 2 is 1.87 bits per heavy atom. The number of esters is 1. The molecular formula is C16H22ClN3O3. The molecule has 2 aromatic rings. The normalized spacial score (nSPS) is 11.6. The molecular weight excluding hydrogens is 318 g/mol. The van der Waals surface area contributed by atoms with Crippen LogP contribution in [0.1, 0.15) is 45.8 Å². The summed E-state index contributed by atoms with van der Waals surface area (Å²) in [6.45, 7) is 8.07. The number of carbonyl (C=O) groups excluding carboxylic acids is 1. The standard InChI is InChI=1S/C13H14ClN3O3.C3H8/c1-7(2)11(12(18)19-3)10-4-9(17-20-10)8-5-15-13(14)16-6-8;1-3-2/h4-7,11H,1-3H3;3H2,1-2H3. The summed E-state index contributed by atoms with van der Waals surface area (Å²) in [4.78, 5) is 19.5. The molecule has 2 aromatic heterocycles. The molecule has 23 heavy (non-hydrogen) atoms. The van der Waals surface area contributed by atoms with Crippen LogP contribution in [-0.4, -0.2) is 28.2 Å². The maximum absolute atomic E-state index is 11.8. The first-order chi connectivity index (χ1) is 10.9. The first-order valence-corrected chi connectivity index (χ1v) is 7.84. The number of ether oxygens (including phenoxy) is 1. The van der Waals surface area contributed by atoms with Crippen molar-refractivity contribution in [3.63, 3.8) is 0 Å². The average Bonchev–Trinajstić information content (AvgIpc) is 2.97. The van der Waals surface area contributed by atoms with Crippen LogP contribution in [0.5, 0.6) is 0 Å². The van der Waals surface area contributed by atoms with Crippen LogP contribution < -0.4 is 0 Å². The summed E-state index contributed by atoms with van der Waals surface area (Å²) in [5.41, 5.74) is 1.21. The van der Waals surface area contributed by atoms with Crippen molar-refractivity contribution in [2.24, 2.45) is 5.92 Å². The molecule has 0 aliphatic rings. The summed E-state index contributed by atoms with van der Waals surface area (Å²) in [6, 6.07) is 1.69. The number of aromatic nitrogens is 3. The molecule has 0 saturated carbocycles. The van der Waals surface area contributed by atoms with Crippen LogP contribution in [0.2, 0.25) is 5.28 Å². The third-order valence-corrected chi connectivity index (χ3v) is 3.07. The van der Waals surface area contributed by atoms with Crippen molar-refractivity contribution in [2.75, 3.05) is 7.11 Å². The number of methoxy groups -OCH3 is 1. The lowest BCUT2D eigenvalue weighted by Gasteiger charge is -2.14. The van der Waals surface area contributed by atoms with Gasteiger partial charge in [-0.25, -0.2) is 9.97 Å². The molecule has 7 heteroatoms. The van der Waals surface area contributed by atoms with Gasteiger partial charge >= 0.3 is 5.97 Å². The largest absolute Gasteiger partial charge is 0.468 e. The summed E-state index contributed by atoms with van der Waals surface area (Å²) < 4.78 is 10.0. The molecule has 126 valence electrons. The SMILES string of the molecule is CCC.COC(=O)C(c1cc(-c2cnc(Cl)nc2)no1)C(C)C. The minimum absolute atomic E-state index is 0.0321. The van der Waals surface area contributed by atoms with Gasteiger partial charge in [0, 0.05) is 24.0 Å². The second-order valence-corrected chi connectivity index (χ2v) is 5.65. The third-order valence-electron chi connectivity index (χ3n) is 2.87. The first-order valence-electron chi connectivity index (χ1n) is 7.46. The average molecular weight is 340 g/mol. The van der Waals surface area contributed by atoms with E-state index in [1.807, 2.05) is 13.8 Å². The second-order valence-electron chi connectivity index (χ2n) is 5.31. The van der Waals surface area contributed by atoms with Crippen LogP contribution in [0, 0.1) is 5.92 Å². The maximum Gasteiger partial charge on any atom is 0.316 e. The number of halogens is 1. The molecule has 2 heterocycles. The van der Waals surface area contributed by atoms with E-state index in [0.29, 0.717) is 17.0 Å². The van der Waals surface area contributed by atoms with E-state index in [0.717, 1.165) is 0 Å². The molecule has 0 saturated heterocycles. The summed E-state index contributed by atoms with van der Waals surface area (Å²) in [5.74, 6) is -0.356. The van der Waals surface area contributed by atoms with Crippen LogP contribution in [-0.2, 0) is 9.53 Å². The lowest BCUT2D eigenvalue weighted by atomic mass is 9.93. The molecule has 0 N–H and O–H groups in total. The van der Waals surface area contributed by atoms with Gasteiger partial charge in [0.2, 0.25) is 5.28 Å². The minimum atomic E-state index is -0.491. The number of carbonyl (C=O) groups is 1. The van der Waals surface area contributed by atoms with Crippen LogP contribution in [0.15, 0.2) is 23.0 Å². The maximum atomic E-state index is 11.8. The Morgan fingerprint density at radius 1 is 1.30 bits per heavy atom. The topological polar surface area (TPSA) is 78.1 Å². The van der Waals surface area contributed by atoms with Gasteiger partial charge in [-0.1, -0.05) is 39.3 Å². The van der Waals surface area contributed by atoms with Gasteiger partial charge in [0.15, 0.2) is 5.76 Å². The van der Waals surface area contributed by atoms with E-state index in [4.69, 9.17) is 20.9 Å². The Morgan fingerprint density at radius 3 is 2.35 bits per heavy atom. The smallest absolute Gasteiger partial charge is 0.316 e. The molecule has 0 aliphatic heterocycles. The molecule has 0 aliphatic carbocycles. The molecule has 1 atom stereocenters. The summed E-state index contributed by atoms with van der Waals surface area (Å²) in [6.07, 6.45) is 4.33. The molecule has 0 radical (unpaired) electrons. The number of nitrogens with zero attached hydrogens (tertiary/aromatic N) is 3. The van der Waals surface area contributed by atoms with Gasteiger partial charge in [0.05, 0.1) is 7.11 Å². The van der Waals surface area contributed by atoms with E-state index in [1.54, 1.807) is 18.5 Å². The van der Waals surface area contributed by atoms with Gasteiger partial charge in [-0.3, -0.25) is 4.79 Å². The Labute approximate surface area is 141 Å². The molecule has 6 nitrogen and oxygen atoms in total. The highest BCUT2D eigenvalue weighted by Gasteiger charge is 2.29. The van der Waals surface area contributed by atoms with Gasteiger partial charge in [0.25, 0.3) is 0 Å². The number of hydrogen-bond acceptors (Lipinski definition) is 6. The van der Waals surface area contributed by atoms with Crippen molar-refractivity contribution >= 4 is 17.6 Å². The molecule has 0 fully saturated rings. The second kappa shape index (κ2) is 9.25. The zero-order valence-electron chi connectivity index (χ0n) is 14.0. The van der Waals surface area contributed by atoms with Crippen molar-refractivity contribution in [3.8, 4) is 11.3 Å². The number of rotatable bonds is 4. The highest BCUT2D eigenvalue weighted by Crippen LogP contribution is 2.29. The van der Waals surface area contributed by atoms with E-state index in [2.05, 4.69) is 29.0 Å². The number of hydrogen-bond donors (Lipinski definition) is 0. The van der Waals surface area contributed by atoms with Gasteiger partial charge in [-0.05, 0) is 17.5 Å². The van der Waals surface area contributed by atoms with Crippen LogP contribution in [0.25, 0.3) is 11.3 Å². The van der Waals surface area contributed by atoms with E-state index < -0.39 is 5.92 Å². The molecule has 1 unspecified atom stereocenters. The summed E-state index contributed by atoms with van der Waals surface area (Å²) in [7, 11) is 1.35. The van der Waals surface area contributed by atoms with Crippen molar-refractivity contribution < 1.29 is 14.1 Å². The van der Waals surface area contributed by atoms with Crippen molar-refractivity contribution in [3.05, 3.63) is 29.5 Å². The van der Waals surface area contributed by atoms with E-state index in [-0.39, 0.29) is 17.2 Å². The Kier molecular flexibility index (Phi) is 7.68. The summed E-state index contributed by atoms with van der Waals surface area (Å²) >= 11 is 5.63. The predicted molar refractivity (Wildman–Crippen MR) is 88.1 cm³/mol. The van der Waals surface area contributed by atoms with Crippen LogP contribution in [0.4, 0.5) is 0 Å². The molecule has 0 spiro atoms. The fourth-order valence-corrected chi connectivity index (χ4v) is 1.96. The highest BCUT2D eigenvalue weighted by atomic mass is 35.5. The quantitative estimate of drug-likeness (QED) is 0.616. The predicted octanol–water partition coefficient (Wildman–Crippen LogP) is 4.11. The van der Waals surface area contributed by atoms with Gasteiger partial charge in [-0.15, -0.1) is 0 Å². The fourth-order valence-electron chi connectivity index (χ4n) is 1.86. The van der Waals surface area contributed by atoms with Crippen LogP contribution in [0.3, 0.4) is 0 Å². The fraction of sp³-hybridized carbons (Fsp3) is 0.500. The lowest BCUT2D eigenvalue weighted by molar-refractivity contribution is -0.144. The lowest BCUT2D eigenvalue weighted by Crippen LogP contribution is -2.19. The van der Waals surface area contributed by atoms with Gasteiger partial charge in [-0.2, -0.15) is 0 Å². The van der Waals surface area contributed by atoms with E-state index in [1.165, 1.54) is 13.5 Å². The summed E-state index contributed by atoms with van der Waals surface area (Å²) in [5, 5.41) is 4.09. The molecule has 0 bridgehead atoms. The molecule has 0 aromatic carbocycles. The monoisotopic (exact) mass is 339 g/mol. The molecule has 0 amide bonds. The first kappa shape index (κ1) is 19.1. The minimum Gasteiger partial charge on any atom is -0.468 e. The molecule has 2 rings (SSSR count). The third kappa shape index (κ3) is 5.32. The van der Waals surface area contributed by atoms with Gasteiger partial charge in [0.1, 0.15) is 11.6 Å². The zero-order valence-corrected chi connectivity index (χ0v) is 14.8. The van der Waals surface area contributed by atoms with E-state index in [9.17, 15) is 4.79 Å². The Hall–Kier alpha value is -1.95. The van der Waals surface area contributed by atoms with Crippen molar-refractivity contribution in [1.82, 2.24) is 15.1 Å². The van der Waals surface area contributed by atoms with Crippen molar-refractivity contribution in [2.45, 2.75) is 40.0 Å². The van der Waals surface area contributed by atoms with Gasteiger partial charge < -0.3 is 9.26 Å². The Balaban J connectivity index is 0.000000816. The Bertz CT molecular complexity index is 611. The van der Waals surface area contributed by atoms with Crippen LogP contribution >= 0.6 is 11.6 Å². The highest BCUT2D eigenvalue weighted by molar-refractivity contribution is 6.28.